The second-order valence-corrected chi connectivity index (χ2v) is 6.61. The molecule has 22 heavy (non-hydrogen) atoms. The maximum Gasteiger partial charge on any atom is 0.146 e. The molecule has 1 aliphatic heterocycles. The first kappa shape index (κ1) is 15.3. The van der Waals surface area contributed by atoms with Gasteiger partial charge in [-0.05, 0) is 76.1 Å². The van der Waals surface area contributed by atoms with Gasteiger partial charge in [-0.1, -0.05) is 0 Å². The van der Waals surface area contributed by atoms with E-state index in [0.717, 1.165) is 49.8 Å². The summed E-state index contributed by atoms with van der Waals surface area (Å²) >= 11 is 0. The van der Waals surface area contributed by atoms with E-state index in [1.165, 1.54) is 43.4 Å². The van der Waals surface area contributed by atoms with Crippen LogP contribution in [0.25, 0.3) is 0 Å². The van der Waals surface area contributed by atoms with Crippen LogP contribution in [0.5, 0.6) is 0 Å². The normalized spacial score (nSPS) is 18.8. The molecule has 2 aliphatic rings. The van der Waals surface area contributed by atoms with Gasteiger partial charge in [0.05, 0.1) is 5.56 Å². The molecule has 2 heterocycles. The lowest BCUT2D eigenvalue weighted by molar-refractivity contribution is 0.376. The third-order valence-corrected chi connectivity index (χ3v) is 5.12. The highest BCUT2D eigenvalue weighted by molar-refractivity contribution is 5.56. The average molecular weight is 298 g/mol. The lowest BCUT2D eigenvalue weighted by Crippen LogP contribution is -2.35. The fourth-order valence-corrected chi connectivity index (χ4v) is 3.73. The van der Waals surface area contributed by atoms with Gasteiger partial charge in [0, 0.05) is 18.8 Å². The number of nitrogens with zero attached hydrogens (tertiary/aromatic N) is 3. The average Bonchev–Trinajstić information content (AvgIpc) is 2.59. The number of aryl methyl sites for hydroxylation is 2. The van der Waals surface area contributed by atoms with Crippen molar-refractivity contribution in [1.82, 2.24) is 10.3 Å². The SMILES string of the molecule is CNCCC1CCN(c2nc3c(cc2C#N)CCCC3)CC1. The van der Waals surface area contributed by atoms with Gasteiger partial charge in [0.1, 0.15) is 11.9 Å². The molecule has 3 rings (SSSR count). The number of anilines is 1. The molecule has 4 nitrogen and oxygen atoms in total. The minimum atomic E-state index is 0.773. The van der Waals surface area contributed by atoms with Crippen molar-refractivity contribution in [3.63, 3.8) is 0 Å². The first-order valence-electron chi connectivity index (χ1n) is 8.64. The zero-order valence-electron chi connectivity index (χ0n) is 13.6. The van der Waals surface area contributed by atoms with Gasteiger partial charge in [-0.25, -0.2) is 4.98 Å². The molecule has 1 fully saturated rings. The van der Waals surface area contributed by atoms with Crippen LogP contribution in [0.2, 0.25) is 0 Å². The van der Waals surface area contributed by atoms with Crippen molar-refractivity contribution < 1.29 is 0 Å². The molecular formula is C18H26N4. The Morgan fingerprint density at radius 1 is 1.32 bits per heavy atom. The molecule has 4 heteroatoms. The second kappa shape index (κ2) is 7.11. The van der Waals surface area contributed by atoms with Crippen LogP contribution in [-0.4, -0.2) is 31.7 Å². The Bertz CT molecular complexity index is 553. The molecule has 0 saturated carbocycles. The lowest BCUT2D eigenvalue weighted by atomic mass is 9.92. The van der Waals surface area contributed by atoms with Gasteiger partial charge in [-0.15, -0.1) is 0 Å². The summed E-state index contributed by atoms with van der Waals surface area (Å²) in [6.07, 6.45) is 8.31. The maximum atomic E-state index is 9.49. The molecule has 0 radical (unpaired) electrons. The number of rotatable bonds is 4. The molecular weight excluding hydrogens is 272 g/mol. The molecule has 1 N–H and O–H groups in total. The van der Waals surface area contributed by atoms with Gasteiger partial charge in [0.2, 0.25) is 0 Å². The Morgan fingerprint density at radius 3 is 2.82 bits per heavy atom. The maximum absolute atomic E-state index is 9.49. The lowest BCUT2D eigenvalue weighted by Gasteiger charge is -2.34. The van der Waals surface area contributed by atoms with Crippen molar-refractivity contribution in [2.45, 2.75) is 44.9 Å². The Hall–Kier alpha value is -1.60. The summed E-state index contributed by atoms with van der Waals surface area (Å²) in [7, 11) is 2.02. The monoisotopic (exact) mass is 298 g/mol. The molecule has 0 bridgehead atoms. The van der Waals surface area contributed by atoms with Crippen molar-refractivity contribution in [3.05, 3.63) is 22.9 Å². The van der Waals surface area contributed by atoms with E-state index in [0.29, 0.717) is 0 Å². The molecule has 0 aromatic carbocycles. The number of hydrogen-bond acceptors (Lipinski definition) is 4. The summed E-state index contributed by atoms with van der Waals surface area (Å²) in [5.41, 5.74) is 3.31. The second-order valence-electron chi connectivity index (χ2n) is 6.61. The van der Waals surface area contributed by atoms with Gasteiger partial charge in [-0.2, -0.15) is 5.26 Å². The van der Waals surface area contributed by atoms with E-state index in [-0.39, 0.29) is 0 Å². The topological polar surface area (TPSA) is 52.0 Å². The third-order valence-electron chi connectivity index (χ3n) is 5.12. The van der Waals surface area contributed by atoms with Gasteiger partial charge < -0.3 is 10.2 Å². The number of fused-ring (bicyclic) bond motifs is 1. The van der Waals surface area contributed by atoms with Crippen molar-refractivity contribution in [2.75, 3.05) is 31.6 Å². The minimum absolute atomic E-state index is 0.773. The van der Waals surface area contributed by atoms with Crippen LogP contribution in [-0.2, 0) is 12.8 Å². The van der Waals surface area contributed by atoms with Crippen molar-refractivity contribution >= 4 is 5.82 Å². The number of hydrogen-bond donors (Lipinski definition) is 1. The highest BCUT2D eigenvalue weighted by Gasteiger charge is 2.23. The Kier molecular flexibility index (Phi) is 4.94. The van der Waals surface area contributed by atoms with Crippen molar-refractivity contribution in [3.8, 4) is 6.07 Å². The highest BCUT2D eigenvalue weighted by atomic mass is 15.2. The first-order valence-corrected chi connectivity index (χ1v) is 8.64. The van der Waals surface area contributed by atoms with Crippen LogP contribution in [0.1, 0.15) is 48.9 Å². The van der Waals surface area contributed by atoms with Crippen LogP contribution in [0.15, 0.2) is 6.07 Å². The van der Waals surface area contributed by atoms with Crippen LogP contribution in [0.3, 0.4) is 0 Å². The summed E-state index contributed by atoms with van der Waals surface area (Å²) < 4.78 is 0. The fraction of sp³-hybridized carbons (Fsp3) is 0.667. The minimum Gasteiger partial charge on any atom is -0.355 e. The van der Waals surface area contributed by atoms with Crippen LogP contribution in [0, 0.1) is 17.2 Å². The summed E-state index contributed by atoms with van der Waals surface area (Å²) in [5.74, 6) is 1.75. The van der Waals surface area contributed by atoms with Gasteiger partial charge in [-0.3, -0.25) is 0 Å². The number of piperidine rings is 1. The molecule has 1 aromatic rings. The van der Waals surface area contributed by atoms with Crippen LogP contribution < -0.4 is 10.2 Å². The van der Waals surface area contributed by atoms with E-state index in [4.69, 9.17) is 4.98 Å². The van der Waals surface area contributed by atoms with Crippen molar-refractivity contribution in [2.24, 2.45) is 5.92 Å². The molecule has 1 aromatic heterocycles. The Balaban J connectivity index is 1.73. The number of nitriles is 1. The molecule has 1 saturated heterocycles. The highest BCUT2D eigenvalue weighted by Crippen LogP contribution is 2.29. The largest absolute Gasteiger partial charge is 0.355 e. The molecule has 0 atom stereocenters. The molecule has 0 amide bonds. The summed E-state index contributed by atoms with van der Waals surface area (Å²) in [6.45, 7) is 3.18. The predicted octanol–water partition coefficient (Wildman–Crippen LogP) is 2.66. The zero-order chi connectivity index (χ0) is 15.4. The summed E-state index contributed by atoms with van der Waals surface area (Å²) in [5, 5.41) is 12.7. The van der Waals surface area contributed by atoms with Crippen LogP contribution in [0.4, 0.5) is 5.82 Å². The smallest absolute Gasteiger partial charge is 0.146 e. The van der Waals surface area contributed by atoms with E-state index in [2.05, 4.69) is 22.4 Å². The molecule has 1 aliphatic carbocycles. The molecule has 0 spiro atoms. The van der Waals surface area contributed by atoms with E-state index in [1.54, 1.807) is 0 Å². The Labute approximate surface area is 133 Å². The number of aromatic nitrogens is 1. The molecule has 0 unspecified atom stereocenters. The summed E-state index contributed by atoms with van der Waals surface area (Å²) in [4.78, 5) is 7.22. The predicted molar refractivity (Wildman–Crippen MR) is 89.1 cm³/mol. The number of pyridine rings is 1. The van der Waals surface area contributed by atoms with Gasteiger partial charge in [0.15, 0.2) is 0 Å². The Morgan fingerprint density at radius 2 is 2.09 bits per heavy atom. The fourth-order valence-electron chi connectivity index (χ4n) is 3.73. The van der Waals surface area contributed by atoms with Gasteiger partial charge >= 0.3 is 0 Å². The van der Waals surface area contributed by atoms with E-state index in [1.807, 2.05) is 7.05 Å². The van der Waals surface area contributed by atoms with Gasteiger partial charge in [0.25, 0.3) is 0 Å². The van der Waals surface area contributed by atoms with E-state index in [9.17, 15) is 5.26 Å². The van der Waals surface area contributed by atoms with Crippen LogP contribution >= 0.6 is 0 Å². The first-order chi connectivity index (χ1) is 10.8. The van der Waals surface area contributed by atoms with E-state index >= 15 is 0 Å². The number of nitrogens with one attached hydrogen (secondary N) is 1. The summed E-state index contributed by atoms with van der Waals surface area (Å²) in [6, 6.07) is 4.48. The van der Waals surface area contributed by atoms with E-state index < -0.39 is 0 Å². The molecule has 118 valence electrons. The van der Waals surface area contributed by atoms with Crippen molar-refractivity contribution in [1.29, 1.82) is 5.26 Å². The third kappa shape index (κ3) is 3.25. The standard InChI is InChI=1S/C18H26N4/c1-20-9-6-14-7-10-22(11-8-14)18-16(13-19)12-15-4-2-3-5-17(15)21-18/h12,14,20H,2-11H2,1H3. The quantitative estimate of drug-likeness (QED) is 0.928. The zero-order valence-corrected chi connectivity index (χ0v) is 13.6.